The van der Waals surface area contributed by atoms with Gasteiger partial charge in [-0.25, -0.2) is 4.39 Å². The zero-order valence-electron chi connectivity index (χ0n) is 8.75. The minimum Gasteiger partial charge on any atom is -0.326 e. The van der Waals surface area contributed by atoms with Gasteiger partial charge in [0.15, 0.2) is 0 Å². The minimum absolute atomic E-state index is 0.108. The van der Waals surface area contributed by atoms with E-state index in [0.29, 0.717) is 5.92 Å². The van der Waals surface area contributed by atoms with E-state index in [9.17, 15) is 4.39 Å². The molecule has 0 radical (unpaired) electrons. The van der Waals surface area contributed by atoms with Gasteiger partial charge in [-0.15, -0.1) is 0 Å². The van der Waals surface area contributed by atoms with Crippen molar-refractivity contribution in [1.29, 1.82) is 0 Å². The SMILES string of the molecule is NC1CNCCC1Cc1ccccc1F. The molecule has 3 N–H and O–H groups in total. The molecule has 1 aromatic rings. The van der Waals surface area contributed by atoms with E-state index in [2.05, 4.69) is 5.32 Å². The first-order valence-electron chi connectivity index (χ1n) is 5.47. The van der Waals surface area contributed by atoms with Gasteiger partial charge in [0.25, 0.3) is 0 Å². The lowest BCUT2D eigenvalue weighted by Gasteiger charge is -2.29. The molecule has 0 bridgehead atoms. The van der Waals surface area contributed by atoms with Gasteiger partial charge in [0.2, 0.25) is 0 Å². The van der Waals surface area contributed by atoms with Gasteiger partial charge in [-0.05, 0) is 36.9 Å². The number of hydrogen-bond acceptors (Lipinski definition) is 2. The van der Waals surface area contributed by atoms with Crippen LogP contribution >= 0.6 is 0 Å². The molecule has 2 unspecified atom stereocenters. The molecule has 15 heavy (non-hydrogen) atoms. The number of halogens is 1. The molecule has 0 spiro atoms. The van der Waals surface area contributed by atoms with Crippen molar-refractivity contribution >= 4 is 0 Å². The Morgan fingerprint density at radius 1 is 1.40 bits per heavy atom. The molecule has 1 aliphatic rings. The summed E-state index contributed by atoms with van der Waals surface area (Å²) in [7, 11) is 0. The Labute approximate surface area is 89.7 Å². The van der Waals surface area contributed by atoms with E-state index in [1.807, 2.05) is 12.1 Å². The van der Waals surface area contributed by atoms with Crippen LogP contribution in [0, 0.1) is 11.7 Å². The molecule has 2 rings (SSSR count). The second kappa shape index (κ2) is 4.73. The summed E-state index contributed by atoms with van der Waals surface area (Å²) >= 11 is 0. The highest BCUT2D eigenvalue weighted by molar-refractivity contribution is 5.18. The van der Waals surface area contributed by atoms with Crippen LogP contribution in [0.1, 0.15) is 12.0 Å². The standard InChI is InChI=1S/C12H17FN2/c13-11-4-2-1-3-9(11)7-10-5-6-15-8-12(10)14/h1-4,10,12,15H,5-8,14H2. The molecule has 82 valence electrons. The maximum Gasteiger partial charge on any atom is 0.126 e. The second-order valence-corrected chi connectivity index (χ2v) is 4.21. The van der Waals surface area contributed by atoms with E-state index in [1.165, 1.54) is 6.07 Å². The summed E-state index contributed by atoms with van der Waals surface area (Å²) in [5.74, 6) is 0.298. The summed E-state index contributed by atoms with van der Waals surface area (Å²) in [6, 6.07) is 7.12. The van der Waals surface area contributed by atoms with Gasteiger partial charge in [-0.2, -0.15) is 0 Å². The summed E-state index contributed by atoms with van der Waals surface area (Å²) in [6.07, 6.45) is 1.80. The first-order chi connectivity index (χ1) is 7.27. The van der Waals surface area contributed by atoms with E-state index in [0.717, 1.165) is 31.5 Å². The third-order valence-corrected chi connectivity index (χ3v) is 3.12. The molecule has 2 nitrogen and oxygen atoms in total. The highest BCUT2D eigenvalue weighted by atomic mass is 19.1. The monoisotopic (exact) mass is 208 g/mol. The molecular weight excluding hydrogens is 191 g/mol. The van der Waals surface area contributed by atoms with Crippen molar-refractivity contribution in [2.75, 3.05) is 13.1 Å². The van der Waals surface area contributed by atoms with Crippen LogP contribution in [-0.2, 0) is 6.42 Å². The Bertz CT molecular complexity index is 327. The lowest BCUT2D eigenvalue weighted by Crippen LogP contribution is -2.46. The highest BCUT2D eigenvalue weighted by Gasteiger charge is 2.22. The number of benzene rings is 1. The van der Waals surface area contributed by atoms with Crippen molar-refractivity contribution in [3.05, 3.63) is 35.6 Å². The maximum atomic E-state index is 13.4. The largest absolute Gasteiger partial charge is 0.326 e. The van der Waals surface area contributed by atoms with Crippen molar-refractivity contribution < 1.29 is 4.39 Å². The highest BCUT2D eigenvalue weighted by Crippen LogP contribution is 2.19. The van der Waals surface area contributed by atoms with Gasteiger partial charge in [0.05, 0.1) is 0 Å². The van der Waals surface area contributed by atoms with Crippen LogP contribution in [0.4, 0.5) is 4.39 Å². The minimum atomic E-state index is -0.108. The van der Waals surface area contributed by atoms with Crippen LogP contribution in [-0.4, -0.2) is 19.1 Å². The van der Waals surface area contributed by atoms with E-state index < -0.39 is 0 Å². The molecule has 0 aromatic heterocycles. The van der Waals surface area contributed by atoms with Crippen molar-refractivity contribution in [1.82, 2.24) is 5.32 Å². The zero-order chi connectivity index (χ0) is 10.7. The molecule has 1 saturated heterocycles. The predicted molar refractivity (Wildman–Crippen MR) is 59.1 cm³/mol. The summed E-state index contributed by atoms with van der Waals surface area (Å²) in [6.45, 7) is 1.84. The van der Waals surface area contributed by atoms with Gasteiger partial charge < -0.3 is 11.1 Å². The molecular formula is C12H17FN2. The fourth-order valence-corrected chi connectivity index (χ4v) is 2.14. The van der Waals surface area contributed by atoms with Gasteiger partial charge in [-0.1, -0.05) is 18.2 Å². The Balaban J connectivity index is 2.04. The Morgan fingerprint density at radius 3 is 2.93 bits per heavy atom. The molecule has 1 aromatic carbocycles. The molecule has 1 fully saturated rings. The van der Waals surface area contributed by atoms with Crippen molar-refractivity contribution in [3.8, 4) is 0 Å². The summed E-state index contributed by atoms with van der Waals surface area (Å²) in [5.41, 5.74) is 6.78. The first-order valence-corrected chi connectivity index (χ1v) is 5.47. The topological polar surface area (TPSA) is 38.0 Å². The quantitative estimate of drug-likeness (QED) is 0.769. The molecule has 1 aliphatic heterocycles. The Hall–Kier alpha value is -0.930. The predicted octanol–water partition coefficient (Wildman–Crippen LogP) is 1.30. The lowest BCUT2D eigenvalue weighted by atomic mass is 9.87. The summed E-state index contributed by atoms with van der Waals surface area (Å²) < 4.78 is 13.4. The van der Waals surface area contributed by atoms with Crippen LogP contribution < -0.4 is 11.1 Å². The van der Waals surface area contributed by atoms with Crippen molar-refractivity contribution in [3.63, 3.8) is 0 Å². The van der Waals surface area contributed by atoms with Gasteiger partial charge in [-0.3, -0.25) is 0 Å². The smallest absolute Gasteiger partial charge is 0.126 e. The number of nitrogens with one attached hydrogen (secondary N) is 1. The second-order valence-electron chi connectivity index (χ2n) is 4.21. The average Bonchev–Trinajstić information content (AvgIpc) is 2.24. The Kier molecular flexibility index (Phi) is 3.34. The number of nitrogens with two attached hydrogens (primary N) is 1. The van der Waals surface area contributed by atoms with E-state index >= 15 is 0 Å². The third kappa shape index (κ3) is 2.55. The number of hydrogen-bond donors (Lipinski definition) is 2. The fraction of sp³-hybridized carbons (Fsp3) is 0.500. The third-order valence-electron chi connectivity index (χ3n) is 3.12. The summed E-state index contributed by atoms with van der Waals surface area (Å²) in [4.78, 5) is 0. The van der Waals surface area contributed by atoms with Gasteiger partial charge >= 0.3 is 0 Å². The van der Waals surface area contributed by atoms with E-state index in [1.54, 1.807) is 6.07 Å². The number of piperidine rings is 1. The van der Waals surface area contributed by atoms with E-state index in [-0.39, 0.29) is 11.9 Å². The molecule has 2 atom stereocenters. The van der Waals surface area contributed by atoms with Crippen LogP contribution in [0.3, 0.4) is 0 Å². The van der Waals surface area contributed by atoms with Crippen LogP contribution in [0.5, 0.6) is 0 Å². The lowest BCUT2D eigenvalue weighted by molar-refractivity contribution is 0.320. The fourth-order valence-electron chi connectivity index (χ4n) is 2.14. The number of rotatable bonds is 2. The maximum absolute atomic E-state index is 13.4. The molecule has 1 heterocycles. The normalized spacial score (nSPS) is 26.5. The van der Waals surface area contributed by atoms with Gasteiger partial charge in [0, 0.05) is 12.6 Å². The van der Waals surface area contributed by atoms with Gasteiger partial charge in [0.1, 0.15) is 5.82 Å². The Morgan fingerprint density at radius 2 is 2.20 bits per heavy atom. The molecule has 0 saturated carbocycles. The first kappa shape index (κ1) is 10.6. The zero-order valence-corrected chi connectivity index (χ0v) is 8.75. The van der Waals surface area contributed by atoms with E-state index in [4.69, 9.17) is 5.73 Å². The average molecular weight is 208 g/mol. The summed E-state index contributed by atoms with van der Waals surface area (Å²) in [5, 5.41) is 3.25. The molecule has 0 amide bonds. The van der Waals surface area contributed by atoms with Crippen LogP contribution in [0.15, 0.2) is 24.3 Å². The van der Waals surface area contributed by atoms with Crippen LogP contribution in [0.2, 0.25) is 0 Å². The van der Waals surface area contributed by atoms with Crippen LogP contribution in [0.25, 0.3) is 0 Å². The van der Waals surface area contributed by atoms with Crippen molar-refractivity contribution in [2.24, 2.45) is 11.7 Å². The molecule has 3 heteroatoms. The molecule has 0 aliphatic carbocycles. The van der Waals surface area contributed by atoms with Crippen molar-refractivity contribution in [2.45, 2.75) is 18.9 Å².